The molecule has 140 valence electrons. The summed E-state index contributed by atoms with van der Waals surface area (Å²) in [6.07, 6.45) is 5.02. The molecule has 2 atom stereocenters. The van der Waals surface area contributed by atoms with Crippen LogP contribution in [0.5, 0.6) is 5.75 Å². The molecule has 0 radical (unpaired) electrons. The van der Waals surface area contributed by atoms with Gasteiger partial charge in [0, 0.05) is 29.6 Å². The Balaban J connectivity index is 1.75. The van der Waals surface area contributed by atoms with Crippen LogP contribution in [0.2, 0.25) is 0 Å². The van der Waals surface area contributed by atoms with Crippen molar-refractivity contribution in [2.75, 3.05) is 6.61 Å². The van der Waals surface area contributed by atoms with Crippen molar-refractivity contribution in [2.45, 2.75) is 65.0 Å². The molecule has 1 saturated heterocycles. The van der Waals surface area contributed by atoms with Crippen LogP contribution >= 0.6 is 0 Å². The van der Waals surface area contributed by atoms with E-state index in [0.717, 1.165) is 43.1 Å². The molecule has 1 fully saturated rings. The third-order valence-electron chi connectivity index (χ3n) is 5.16. The highest BCUT2D eigenvalue weighted by Gasteiger charge is 2.29. The molecule has 26 heavy (non-hydrogen) atoms. The molecule has 2 unspecified atom stereocenters. The van der Waals surface area contributed by atoms with Gasteiger partial charge in [0.15, 0.2) is 6.61 Å². The number of likely N-dealkylation sites (tertiary alicyclic amines) is 1. The van der Waals surface area contributed by atoms with Crippen LogP contribution in [-0.2, 0) is 11.2 Å². The number of piperidine rings is 1. The standard InChI is InChI=1S/C21H27NO4/c1-4-6-16-11-21(24)26-19-12-17(9-10-18(16)19)25-13-20(23)22-14(2)7-5-8-15(22)3/h9-12,14-15H,4-8,13H2,1-3H3. The van der Waals surface area contributed by atoms with Gasteiger partial charge in [-0.2, -0.15) is 0 Å². The van der Waals surface area contributed by atoms with E-state index in [0.29, 0.717) is 11.3 Å². The van der Waals surface area contributed by atoms with E-state index in [1.807, 2.05) is 17.0 Å². The molecule has 1 aliphatic heterocycles. The topological polar surface area (TPSA) is 59.8 Å². The predicted octanol–water partition coefficient (Wildman–Crippen LogP) is 3.91. The van der Waals surface area contributed by atoms with Gasteiger partial charge in [-0.3, -0.25) is 4.79 Å². The molecule has 1 aromatic carbocycles. The number of carbonyl (C=O) groups is 1. The first kappa shape index (κ1) is 18.5. The molecule has 2 aromatic rings. The number of amides is 1. The lowest BCUT2D eigenvalue weighted by molar-refractivity contribution is -0.139. The maximum absolute atomic E-state index is 12.6. The van der Waals surface area contributed by atoms with Gasteiger partial charge in [-0.1, -0.05) is 13.3 Å². The van der Waals surface area contributed by atoms with Crippen molar-refractivity contribution < 1.29 is 13.9 Å². The third-order valence-corrected chi connectivity index (χ3v) is 5.16. The average molecular weight is 357 g/mol. The van der Waals surface area contributed by atoms with Gasteiger partial charge < -0.3 is 14.1 Å². The molecule has 0 N–H and O–H groups in total. The summed E-state index contributed by atoms with van der Waals surface area (Å²) in [4.78, 5) is 26.3. The van der Waals surface area contributed by atoms with Gasteiger partial charge in [-0.15, -0.1) is 0 Å². The second-order valence-electron chi connectivity index (χ2n) is 7.22. The van der Waals surface area contributed by atoms with Gasteiger partial charge in [0.2, 0.25) is 0 Å². The van der Waals surface area contributed by atoms with Crippen LogP contribution in [0.15, 0.2) is 33.5 Å². The number of hydrogen-bond acceptors (Lipinski definition) is 4. The first-order valence-electron chi connectivity index (χ1n) is 9.50. The zero-order chi connectivity index (χ0) is 18.7. The average Bonchev–Trinajstić information content (AvgIpc) is 2.59. The van der Waals surface area contributed by atoms with E-state index < -0.39 is 0 Å². The summed E-state index contributed by atoms with van der Waals surface area (Å²) in [5.41, 5.74) is 1.13. The lowest BCUT2D eigenvalue weighted by Crippen LogP contribution is -2.49. The zero-order valence-corrected chi connectivity index (χ0v) is 15.8. The fourth-order valence-electron chi connectivity index (χ4n) is 3.91. The normalized spacial score (nSPS) is 20.3. The van der Waals surface area contributed by atoms with E-state index in [-0.39, 0.29) is 30.2 Å². The van der Waals surface area contributed by atoms with Crippen LogP contribution in [0.25, 0.3) is 11.0 Å². The van der Waals surface area contributed by atoms with Gasteiger partial charge in [0.05, 0.1) is 0 Å². The van der Waals surface area contributed by atoms with Gasteiger partial charge in [-0.05, 0) is 57.2 Å². The van der Waals surface area contributed by atoms with Gasteiger partial charge in [0.25, 0.3) is 5.91 Å². The van der Waals surface area contributed by atoms with Crippen molar-refractivity contribution in [3.8, 4) is 5.75 Å². The highest BCUT2D eigenvalue weighted by molar-refractivity contribution is 5.82. The summed E-state index contributed by atoms with van der Waals surface area (Å²) in [7, 11) is 0. The molecule has 5 nitrogen and oxygen atoms in total. The third kappa shape index (κ3) is 3.92. The molecule has 1 aromatic heterocycles. The van der Waals surface area contributed by atoms with Crippen molar-refractivity contribution >= 4 is 16.9 Å². The van der Waals surface area contributed by atoms with Crippen molar-refractivity contribution in [3.63, 3.8) is 0 Å². The molecule has 3 rings (SSSR count). The number of fused-ring (bicyclic) bond motifs is 1. The summed E-state index contributed by atoms with van der Waals surface area (Å²) in [6.45, 7) is 6.26. The van der Waals surface area contributed by atoms with Gasteiger partial charge in [-0.25, -0.2) is 4.79 Å². The summed E-state index contributed by atoms with van der Waals surface area (Å²) in [5.74, 6) is 0.547. The summed E-state index contributed by atoms with van der Waals surface area (Å²) in [5, 5.41) is 0.920. The molecular weight excluding hydrogens is 330 g/mol. The number of rotatable bonds is 5. The fraction of sp³-hybridized carbons (Fsp3) is 0.524. The summed E-state index contributed by atoms with van der Waals surface area (Å²) >= 11 is 0. The second-order valence-corrected chi connectivity index (χ2v) is 7.22. The Labute approximate surface area is 153 Å². The molecule has 0 saturated carbocycles. The summed E-state index contributed by atoms with van der Waals surface area (Å²) < 4.78 is 11.0. The highest BCUT2D eigenvalue weighted by atomic mass is 16.5. The van der Waals surface area contributed by atoms with E-state index in [2.05, 4.69) is 20.8 Å². The molecular formula is C21H27NO4. The Morgan fingerprint density at radius 2 is 1.96 bits per heavy atom. The molecule has 1 amide bonds. The molecule has 5 heteroatoms. The van der Waals surface area contributed by atoms with Gasteiger partial charge >= 0.3 is 5.63 Å². The highest BCUT2D eigenvalue weighted by Crippen LogP contribution is 2.25. The largest absolute Gasteiger partial charge is 0.484 e. The number of nitrogens with zero attached hydrogens (tertiary/aromatic N) is 1. The Morgan fingerprint density at radius 3 is 2.65 bits per heavy atom. The molecule has 0 aliphatic carbocycles. The quantitative estimate of drug-likeness (QED) is 0.761. The van der Waals surface area contributed by atoms with E-state index >= 15 is 0 Å². The lowest BCUT2D eigenvalue weighted by atomic mass is 9.97. The molecule has 2 heterocycles. The summed E-state index contributed by atoms with van der Waals surface area (Å²) in [6, 6.07) is 7.48. The number of hydrogen-bond donors (Lipinski definition) is 0. The van der Waals surface area contributed by atoms with Crippen molar-refractivity contribution in [1.82, 2.24) is 4.90 Å². The van der Waals surface area contributed by atoms with Crippen LogP contribution in [-0.4, -0.2) is 29.5 Å². The fourth-order valence-corrected chi connectivity index (χ4v) is 3.91. The molecule has 0 bridgehead atoms. The monoisotopic (exact) mass is 357 g/mol. The van der Waals surface area contributed by atoms with Crippen molar-refractivity contribution in [3.05, 3.63) is 40.2 Å². The van der Waals surface area contributed by atoms with E-state index in [9.17, 15) is 9.59 Å². The minimum absolute atomic E-state index is 0.000923. The number of aryl methyl sites for hydroxylation is 1. The zero-order valence-electron chi connectivity index (χ0n) is 15.8. The van der Waals surface area contributed by atoms with Gasteiger partial charge in [0.1, 0.15) is 11.3 Å². The number of benzene rings is 1. The minimum Gasteiger partial charge on any atom is -0.484 e. The van der Waals surface area contributed by atoms with Crippen LogP contribution in [0.1, 0.15) is 52.0 Å². The SMILES string of the molecule is CCCc1cc(=O)oc2cc(OCC(=O)N3C(C)CCCC3C)ccc12. The molecule has 1 aliphatic rings. The smallest absolute Gasteiger partial charge is 0.336 e. The van der Waals surface area contributed by atoms with E-state index in [1.54, 1.807) is 12.1 Å². The molecule has 0 spiro atoms. The van der Waals surface area contributed by atoms with Crippen LogP contribution < -0.4 is 10.4 Å². The predicted molar refractivity (Wildman–Crippen MR) is 102 cm³/mol. The first-order valence-corrected chi connectivity index (χ1v) is 9.50. The Morgan fingerprint density at radius 1 is 1.23 bits per heavy atom. The Bertz CT molecular complexity index is 832. The maximum atomic E-state index is 12.6. The van der Waals surface area contributed by atoms with E-state index in [1.165, 1.54) is 0 Å². The van der Waals surface area contributed by atoms with E-state index in [4.69, 9.17) is 9.15 Å². The maximum Gasteiger partial charge on any atom is 0.336 e. The first-order chi connectivity index (χ1) is 12.5. The van der Waals surface area contributed by atoms with Crippen molar-refractivity contribution in [1.29, 1.82) is 0 Å². The van der Waals surface area contributed by atoms with Crippen molar-refractivity contribution in [2.24, 2.45) is 0 Å². The minimum atomic E-state index is -0.356. The van der Waals surface area contributed by atoms with Crippen LogP contribution in [0.3, 0.4) is 0 Å². The number of carbonyl (C=O) groups excluding carboxylic acids is 1. The van der Waals surface area contributed by atoms with Crippen LogP contribution in [0.4, 0.5) is 0 Å². The second kappa shape index (κ2) is 7.94. The lowest BCUT2D eigenvalue weighted by Gasteiger charge is -2.38. The Kier molecular flexibility index (Phi) is 5.64. The van der Waals surface area contributed by atoms with Crippen LogP contribution in [0, 0.1) is 0 Å². The number of ether oxygens (including phenoxy) is 1. The Hall–Kier alpha value is -2.30.